The van der Waals surface area contributed by atoms with Crippen LogP contribution in [0.2, 0.25) is 5.02 Å². The Kier molecular flexibility index (Phi) is 4.19. The van der Waals surface area contributed by atoms with Crippen molar-refractivity contribution in [3.8, 4) is 11.3 Å². The first-order valence-electron chi connectivity index (χ1n) is 8.17. The summed E-state index contributed by atoms with van der Waals surface area (Å²) < 4.78 is 11.3. The van der Waals surface area contributed by atoms with Crippen LogP contribution in [0.3, 0.4) is 0 Å². The molecular weight excluding hydrogens is 340 g/mol. The Morgan fingerprint density at radius 2 is 2.08 bits per heavy atom. The minimum atomic E-state index is 0.0241. The van der Waals surface area contributed by atoms with E-state index in [-0.39, 0.29) is 12.0 Å². The zero-order valence-corrected chi connectivity index (χ0v) is 14.5. The van der Waals surface area contributed by atoms with Crippen molar-refractivity contribution in [2.75, 3.05) is 19.7 Å². The number of benzene rings is 1. The minimum Gasteiger partial charge on any atom is -0.453 e. The largest absolute Gasteiger partial charge is 0.453 e. The van der Waals surface area contributed by atoms with E-state index in [1.165, 1.54) is 0 Å². The Labute approximate surface area is 150 Å². The average molecular weight is 357 g/mol. The maximum absolute atomic E-state index is 12.6. The molecular formula is C19H17ClN2O3. The van der Waals surface area contributed by atoms with Crippen LogP contribution in [0, 0.1) is 0 Å². The molecule has 2 aromatic heterocycles. The van der Waals surface area contributed by atoms with Gasteiger partial charge in [-0.2, -0.15) is 0 Å². The van der Waals surface area contributed by atoms with E-state index in [0.29, 0.717) is 47.1 Å². The van der Waals surface area contributed by atoms with Crippen molar-refractivity contribution < 1.29 is 13.9 Å². The zero-order valence-electron chi connectivity index (χ0n) is 13.7. The Balaban J connectivity index is 1.58. The van der Waals surface area contributed by atoms with Gasteiger partial charge in [-0.15, -0.1) is 0 Å². The van der Waals surface area contributed by atoms with Crippen molar-refractivity contribution in [2.45, 2.75) is 13.0 Å². The molecule has 4 rings (SSSR count). The lowest BCUT2D eigenvalue weighted by Gasteiger charge is -2.31. The first-order chi connectivity index (χ1) is 12.1. The molecule has 6 heteroatoms. The summed E-state index contributed by atoms with van der Waals surface area (Å²) in [4.78, 5) is 18.7. The lowest BCUT2D eigenvalue weighted by atomic mass is 10.1. The number of amides is 1. The minimum absolute atomic E-state index is 0.0241. The molecule has 0 spiro atoms. The zero-order chi connectivity index (χ0) is 17.4. The van der Waals surface area contributed by atoms with Crippen molar-refractivity contribution in [1.82, 2.24) is 9.88 Å². The van der Waals surface area contributed by atoms with Crippen molar-refractivity contribution >= 4 is 28.6 Å². The molecule has 1 amide bonds. The number of pyridine rings is 1. The summed E-state index contributed by atoms with van der Waals surface area (Å²) >= 11 is 6.13. The highest BCUT2D eigenvalue weighted by molar-refractivity contribution is 6.34. The van der Waals surface area contributed by atoms with Crippen molar-refractivity contribution in [3.63, 3.8) is 0 Å². The van der Waals surface area contributed by atoms with Crippen LogP contribution in [0.4, 0.5) is 0 Å². The van der Waals surface area contributed by atoms with E-state index < -0.39 is 0 Å². The van der Waals surface area contributed by atoms with E-state index in [0.717, 1.165) is 5.56 Å². The molecule has 3 aromatic rings. The highest BCUT2D eigenvalue weighted by Gasteiger charge is 2.22. The van der Waals surface area contributed by atoms with Gasteiger partial charge in [0.1, 0.15) is 11.3 Å². The number of fused-ring (bicyclic) bond motifs is 1. The SMILES string of the molecule is C[C@@H]1CN(C(=O)c2ccc(-c3cc4nccc(Cl)c4o3)cc2)CCO1. The fourth-order valence-corrected chi connectivity index (χ4v) is 3.20. The number of hydrogen-bond acceptors (Lipinski definition) is 4. The number of aromatic nitrogens is 1. The lowest BCUT2D eigenvalue weighted by Crippen LogP contribution is -2.44. The van der Waals surface area contributed by atoms with Crippen molar-refractivity contribution in [1.29, 1.82) is 0 Å². The van der Waals surface area contributed by atoms with Gasteiger partial charge in [-0.25, -0.2) is 0 Å². The fourth-order valence-electron chi connectivity index (χ4n) is 3.01. The number of carbonyl (C=O) groups is 1. The van der Waals surface area contributed by atoms with Gasteiger partial charge in [0.2, 0.25) is 0 Å². The van der Waals surface area contributed by atoms with E-state index in [9.17, 15) is 4.79 Å². The summed E-state index contributed by atoms with van der Waals surface area (Å²) in [5, 5.41) is 0.532. The molecule has 0 aliphatic carbocycles. The van der Waals surface area contributed by atoms with Crippen LogP contribution in [-0.4, -0.2) is 41.6 Å². The molecule has 25 heavy (non-hydrogen) atoms. The second-order valence-electron chi connectivity index (χ2n) is 6.13. The first kappa shape index (κ1) is 16.1. The van der Waals surface area contributed by atoms with Crippen LogP contribution in [0.1, 0.15) is 17.3 Å². The summed E-state index contributed by atoms with van der Waals surface area (Å²) in [5.41, 5.74) is 2.82. The van der Waals surface area contributed by atoms with Crippen LogP contribution in [0.15, 0.2) is 47.0 Å². The van der Waals surface area contributed by atoms with E-state index in [2.05, 4.69) is 4.98 Å². The Bertz CT molecular complexity index is 920. The van der Waals surface area contributed by atoms with Crippen LogP contribution >= 0.6 is 11.6 Å². The smallest absolute Gasteiger partial charge is 0.254 e. The molecule has 1 aliphatic rings. The highest BCUT2D eigenvalue weighted by Crippen LogP contribution is 2.30. The van der Waals surface area contributed by atoms with Gasteiger partial charge in [-0.3, -0.25) is 9.78 Å². The molecule has 0 unspecified atom stereocenters. The van der Waals surface area contributed by atoms with Gasteiger partial charge >= 0.3 is 0 Å². The molecule has 3 heterocycles. The number of morpholine rings is 1. The Hall–Kier alpha value is -2.37. The third-order valence-corrected chi connectivity index (χ3v) is 4.61. The second-order valence-corrected chi connectivity index (χ2v) is 6.53. The molecule has 1 fully saturated rings. The maximum Gasteiger partial charge on any atom is 0.254 e. The monoisotopic (exact) mass is 356 g/mol. The van der Waals surface area contributed by atoms with Gasteiger partial charge in [0.25, 0.3) is 5.91 Å². The first-order valence-corrected chi connectivity index (χ1v) is 8.55. The quantitative estimate of drug-likeness (QED) is 0.696. The molecule has 1 aromatic carbocycles. The normalized spacial score (nSPS) is 17.8. The molecule has 5 nitrogen and oxygen atoms in total. The fraction of sp³-hybridized carbons (Fsp3) is 0.263. The third kappa shape index (κ3) is 3.13. The molecule has 0 radical (unpaired) electrons. The van der Waals surface area contributed by atoms with Crippen LogP contribution in [-0.2, 0) is 4.74 Å². The van der Waals surface area contributed by atoms with E-state index >= 15 is 0 Å². The summed E-state index contributed by atoms with van der Waals surface area (Å²) in [6.07, 6.45) is 1.72. The van der Waals surface area contributed by atoms with Crippen molar-refractivity contribution in [3.05, 3.63) is 53.2 Å². The number of hydrogen-bond donors (Lipinski definition) is 0. The number of rotatable bonds is 2. The molecule has 128 valence electrons. The number of furan rings is 1. The van der Waals surface area contributed by atoms with E-state index in [1.807, 2.05) is 42.2 Å². The highest BCUT2D eigenvalue weighted by atomic mass is 35.5. The van der Waals surface area contributed by atoms with E-state index in [4.69, 9.17) is 20.8 Å². The van der Waals surface area contributed by atoms with Gasteiger partial charge in [0.15, 0.2) is 5.58 Å². The summed E-state index contributed by atoms with van der Waals surface area (Å²) in [6, 6.07) is 10.9. The van der Waals surface area contributed by atoms with Gasteiger partial charge in [-0.1, -0.05) is 23.7 Å². The van der Waals surface area contributed by atoms with Gasteiger partial charge in [0.05, 0.1) is 17.7 Å². The summed E-state index contributed by atoms with van der Waals surface area (Å²) in [5.74, 6) is 0.700. The second kappa shape index (κ2) is 6.50. The van der Waals surface area contributed by atoms with E-state index in [1.54, 1.807) is 12.3 Å². The number of carbonyl (C=O) groups excluding carboxylic acids is 1. The van der Waals surface area contributed by atoms with Gasteiger partial charge in [-0.05, 0) is 25.1 Å². The lowest BCUT2D eigenvalue weighted by molar-refractivity contribution is -0.0124. The van der Waals surface area contributed by atoms with Gasteiger partial charge in [0, 0.05) is 36.5 Å². The molecule has 1 aliphatic heterocycles. The maximum atomic E-state index is 12.6. The van der Waals surface area contributed by atoms with Crippen LogP contribution in [0.25, 0.3) is 22.4 Å². The van der Waals surface area contributed by atoms with Gasteiger partial charge < -0.3 is 14.1 Å². The predicted octanol–water partition coefficient (Wildman–Crippen LogP) is 4.01. The number of nitrogens with zero attached hydrogens (tertiary/aromatic N) is 2. The average Bonchev–Trinajstić information content (AvgIpc) is 3.07. The topological polar surface area (TPSA) is 55.6 Å². The van der Waals surface area contributed by atoms with Crippen LogP contribution in [0.5, 0.6) is 0 Å². The molecule has 1 atom stereocenters. The molecule has 0 bridgehead atoms. The Morgan fingerprint density at radius 3 is 2.80 bits per heavy atom. The predicted molar refractivity (Wildman–Crippen MR) is 95.8 cm³/mol. The molecule has 1 saturated heterocycles. The Morgan fingerprint density at radius 1 is 1.28 bits per heavy atom. The molecule has 0 saturated carbocycles. The number of halogens is 1. The third-order valence-electron chi connectivity index (χ3n) is 4.31. The summed E-state index contributed by atoms with van der Waals surface area (Å²) in [7, 11) is 0. The van der Waals surface area contributed by atoms with Crippen molar-refractivity contribution in [2.24, 2.45) is 0 Å². The standard InChI is InChI=1S/C19H17ClN2O3/c1-12-11-22(8-9-24-12)19(23)14-4-2-13(3-5-14)17-10-16-18(25-17)15(20)6-7-21-16/h2-7,10,12H,8-9,11H2,1H3/t12-/m1/s1. The molecule has 0 N–H and O–H groups in total. The van der Waals surface area contributed by atoms with Crippen LogP contribution < -0.4 is 0 Å². The number of ether oxygens (including phenoxy) is 1. The summed E-state index contributed by atoms with van der Waals surface area (Å²) in [6.45, 7) is 3.80.